The van der Waals surface area contributed by atoms with Crippen molar-refractivity contribution in [2.24, 2.45) is 0 Å². The van der Waals surface area contributed by atoms with Crippen LogP contribution in [0.15, 0.2) is 12.3 Å². The molecule has 0 N–H and O–H groups in total. The van der Waals surface area contributed by atoms with Crippen molar-refractivity contribution in [3.8, 4) is 0 Å². The monoisotopic (exact) mass is 224 g/mol. The second-order valence-electron chi connectivity index (χ2n) is 4.54. The van der Waals surface area contributed by atoms with E-state index in [-0.39, 0.29) is 0 Å². The molecule has 0 saturated heterocycles. The van der Waals surface area contributed by atoms with Crippen molar-refractivity contribution in [1.29, 1.82) is 0 Å². The third-order valence-corrected chi connectivity index (χ3v) is 3.70. The van der Waals surface area contributed by atoms with E-state index < -0.39 is 0 Å². The molecular weight excluding hydrogens is 204 g/mol. The Morgan fingerprint density at radius 1 is 1.40 bits per heavy atom. The van der Waals surface area contributed by atoms with E-state index in [0.29, 0.717) is 5.92 Å². The van der Waals surface area contributed by atoms with Gasteiger partial charge in [-0.25, -0.2) is 0 Å². The molecule has 1 aliphatic rings. The fourth-order valence-corrected chi connectivity index (χ4v) is 2.86. The molecule has 0 aromatic carbocycles. The maximum absolute atomic E-state index is 2.53. The maximum Gasteiger partial charge on any atom is 0.0446 e. The number of aromatic nitrogens is 1. The Morgan fingerprint density at radius 3 is 2.87 bits per heavy atom. The summed E-state index contributed by atoms with van der Waals surface area (Å²) in [6.45, 7) is 8.04. The average molecular weight is 224 g/mol. The van der Waals surface area contributed by atoms with E-state index in [4.69, 9.17) is 0 Å². The number of hydrogen-bond donors (Lipinski definition) is 0. The van der Waals surface area contributed by atoms with Crippen LogP contribution in [0.5, 0.6) is 0 Å². The molecule has 0 fully saturated rings. The molecule has 0 spiro atoms. The van der Waals surface area contributed by atoms with Crippen molar-refractivity contribution in [3.63, 3.8) is 0 Å². The first-order valence-electron chi connectivity index (χ1n) is 5.61. The van der Waals surface area contributed by atoms with E-state index in [1.54, 1.807) is 0 Å². The van der Waals surface area contributed by atoms with Crippen LogP contribution in [-0.2, 0) is 13.1 Å². The highest BCUT2D eigenvalue weighted by Gasteiger charge is 2.19. The average Bonchev–Trinajstić information content (AvgIpc) is 2.61. The molecule has 2 heterocycles. The normalized spacial score (nSPS) is 17.1. The van der Waals surface area contributed by atoms with Crippen LogP contribution in [0.3, 0.4) is 0 Å². The Bertz CT molecular complexity index is 330. The predicted molar refractivity (Wildman–Crippen MR) is 67.3 cm³/mol. The number of thioether (sulfide) groups is 1. The lowest BCUT2D eigenvalue weighted by atomic mass is 10.0. The van der Waals surface area contributed by atoms with E-state index in [0.717, 1.165) is 19.0 Å². The molecule has 0 aliphatic carbocycles. The first-order valence-corrected chi connectivity index (χ1v) is 7.01. The Kier molecular flexibility index (Phi) is 3.42. The number of nitrogens with zero attached hydrogens (tertiary/aromatic N) is 2. The van der Waals surface area contributed by atoms with Crippen molar-refractivity contribution in [2.45, 2.75) is 32.9 Å². The summed E-state index contributed by atoms with van der Waals surface area (Å²) in [7, 11) is 0. The molecule has 1 aliphatic heterocycles. The summed E-state index contributed by atoms with van der Waals surface area (Å²) in [6.07, 6.45) is 4.43. The highest BCUT2D eigenvalue weighted by Crippen LogP contribution is 2.25. The van der Waals surface area contributed by atoms with Crippen LogP contribution in [-0.4, -0.2) is 28.1 Å². The molecule has 0 radical (unpaired) electrons. The smallest absolute Gasteiger partial charge is 0.0446 e. The summed E-state index contributed by atoms with van der Waals surface area (Å²) in [5, 5.41) is 0. The summed E-state index contributed by atoms with van der Waals surface area (Å²) >= 11 is 1.92. The Morgan fingerprint density at radius 2 is 2.20 bits per heavy atom. The van der Waals surface area contributed by atoms with Crippen molar-refractivity contribution < 1.29 is 0 Å². The van der Waals surface area contributed by atoms with Crippen LogP contribution < -0.4 is 0 Å². The molecule has 1 aromatic heterocycles. The molecule has 15 heavy (non-hydrogen) atoms. The van der Waals surface area contributed by atoms with Gasteiger partial charge in [-0.05, 0) is 23.8 Å². The lowest BCUT2D eigenvalue weighted by molar-refractivity contribution is 0.257. The number of hydrogen-bond acceptors (Lipinski definition) is 2. The van der Waals surface area contributed by atoms with Gasteiger partial charge in [-0.1, -0.05) is 13.8 Å². The van der Waals surface area contributed by atoms with Crippen LogP contribution in [0.25, 0.3) is 0 Å². The summed E-state index contributed by atoms with van der Waals surface area (Å²) in [5.74, 6) is 1.80. The maximum atomic E-state index is 2.53. The van der Waals surface area contributed by atoms with Crippen LogP contribution >= 0.6 is 11.8 Å². The minimum atomic E-state index is 0.649. The van der Waals surface area contributed by atoms with Gasteiger partial charge in [0.2, 0.25) is 0 Å². The number of rotatable bonds is 3. The minimum absolute atomic E-state index is 0.649. The first-order chi connectivity index (χ1) is 7.22. The first kappa shape index (κ1) is 11.1. The van der Waals surface area contributed by atoms with Gasteiger partial charge in [0, 0.05) is 37.4 Å². The summed E-state index contributed by atoms with van der Waals surface area (Å²) in [6, 6.07) is 2.29. The summed E-state index contributed by atoms with van der Waals surface area (Å²) < 4.78 is 2.42. The molecular formula is C12H20N2S. The van der Waals surface area contributed by atoms with Gasteiger partial charge in [-0.3, -0.25) is 4.90 Å². The van der Waals surface area contributed by atoms with Gasteiger partial charge in [0.15, 0.2) is 0 Å². The van der Waals surface area contributed by atoms with Crippen LogP contribution in [0, 0.1) is 0 Å². The van der Waals surface area contributed by atoms with Crippen molar-refractivity contribution >= 4 is 11.8 Å². The van der Waals surface area contributed by atoms with Crippen LogP contribution in [0.4, 0.5) is 0 Å². The highest BCUT2D eigenvalue weighted by atomic mass is 32.2. The highest BCUT2D eigenvalue weighted by molar-refractivity contribution is 7.98. The van der Waals surface area contributed by atoms with E-state index in [9.17, 15) is 0 Å². The Labute approximate surface area is 96.6 Å². The largest absolute Gasteiger partial charge is 0.349 e. The molecule has 0 unspecified atom stereocenters. The third kappa shape index (κ3) is 2.23. The fourth-order valence-electron chi connectivity index (χ4n) is 2.27. The molecule has 0 amide bonds. The van der Waals surface area contributed by atoms with Gasteiger partial charge >= 0.3 is 0 Å². The van der Waals surface area contributed by atoms with Crippen LogP contribution in [0.1, 0.15) is 31.0 Å². The molecule has 84 valence electrons. The Balaban J connectivity index is 2.18. The third-order valence-electron chi connectivity index (χ3n) is 3.08. The van der Waals surface area contributed by atoms with E-state index in [1.807, 2.05) is 11.8 Å². The van der Waals surface area contributed by atoms with Gasteiger partial charge in [-0.2, -0.15) is 0 Å². The summed E-state index contributed by atoms with van der Waals surface area (Å²) in [5.41, 5.74) is 3.06. The predicted octanol–water partition coefficient (Wildman–Crippen LogP) is 2.75. The lowest BCUT2D eigenvalue weighted by Gasteiger charge is -2.29. The molecule has 0 atom stereocenters. The van der Waals surface area contributed by atoms with Crippen molar-refractivity contribution in [2.75, 3.05) is 18.7 Å². The van der Waals surface area contributed by atoms with E-state index in [1.165, 1.54) is 17.8 Å². The molecule has 0 bridgehead atoms. The Hall–Kier alpha value is -0.410. The zero-order valence-electron chi connectivity index (χ0n) is 9.86. The lowest BCUT2D eigenvalue weighted by Crippen LogP contribution is -2.33. The minimum Gasteiger partial charge on any atom is -0.349 e. The topological polar surface area (TPSA) is 8.17 Å². The van der Waals surface area contributed by atoms with Gasteiger partial charge in [0.25, 0.3) is 0 Å². The molecule has 3 heteroatoms. The quantitative estimate of drug-likeness (QED) is 0.780. The second-order valence-corrected chi connectivity index (χ2v) is 5.37. The summed E-state index contributed by atoms with van der Waals surface area (Å²) in [4.78, 5) is 2.53. The van der Waals surface area contributed by atoms with E-state index >= 15 is 0 Å². The molecule has 0 saturated carbocycles. The molecule has 2 nitrogen and oxygen atoms in total. The van der Waals surface area contributed by atoms with Gasteiger partial charge in [0.1, 0.15) is 0 Å². The molecule has 2 rings (SSSR count). The van der Waals surface area contributed by atoms with Gasteiger partial charge in [0.05, 0.1) is 0 Å². The zero-order chi connectivity index (χ0) is 10.8. The SMILES string of the molecule is CSCN1CCn2ccc(C(C)C)c2C1. The van der Waals surface area contributed by atoms with E-state index in [2.05, 4.69) is 41.8 Å². The van der Waals surface area contributed by atoms with Gasteiger partial charge < -0.3 is 4.57 Å². The number of fused-ring (bicyclic) bond motifs is 1. The standard InChI is InChI=1S/C12H20N2S/c1-10(2)11-4-5-14-7-6-13(9-15-3)8-12(11)14/h4-5,10H,6-9H2,1-3H3. The zero-order valence-corrected chi connectivity index (χ0v) is 10.7. The molecule has 1 aromatic rings. The van der Waals surface area contributed by atoms with Crippen molar-refractivity contribution in [1.82, 2.24) is 9.47 Å². The fraction of sp³-hybridized carbons (Fsp3) is 0.667. The van der Waals surface area contributed by atoms with Gasteiger partial charge in [-0.15, -0.1) is 11.8 Å². The van der Waals surface area contributed by atoms with Crippen molar-refractivity contribution in [3.05, 3.63) is 23.5 Å². The second kappa shape index (κ2) is 4.62. The van der Waals surface area contributed by atoms with Crippen LogP contribution in [0.2, 0.25) is 0 Å².